The second-order valence-corrected chi connectivity index (χ2v) is 5.23. The summed E-state index contributed by atoms with van der Waals surface area (Å²) in [7, 11) is 0. The van der Waals surface area contributed by atoms with Crippen LogP contribution in [0.4, 0.5) is 5.69 Å². The topological polar surface area (TPSA) is 105 Å². The van der Waals surface area contributed by atoms with E-state index in [0.717, 1.165) is 5.56 Å². The number of aromatic nitrogens is 2. The highest BCUT2D eigenvalue weighted by molar-refractivity contribution is 5.90. The Kier molecular flexibility index (Phi) is 5.85. The van der Waals surface area contributed by atoms with Crippen LogP contribution >= 0.6 is 0 Å². The monoisotopic (exact) mass is 317 g/mol. The molecule has 0 saturated carbocycles. The fraction of sp³-hybridized carbons (Fsp3) is 0.375. The van der Waals surface area contributed by atoms with Crippen LogP contribution in [0.2, 0.25) is 0 Å². The predicted octanol–water partition coefficient (Wildman–Crippen LogP) is 2.36. The molecular weight excluding hydrogens is 298 g/mol. The molecule has 0 fully saturated rings. The van der Waals surface area contributed by atoms with Crippen LogP contribution < -0.4 is 5.32 Å². The molecular formula is C16H19N3O4. The Morgan fingerprint density at radius 1 is 1.17 bits per heavy atom. The fourth-order valence-corrected chi connectivity index (χ4v) is 2.07. The standard InChI is InChI=1S/C16H19N3O4/c1-11-17-15(23-19-11)4-2-3-14(20)18-13-8-5-12(6-9-13)7-10-16(21)22/h5-6,8-9H,2-4,7,10H2,1H3,(H,18,20)(H,21,22). The van der Waals surface area contributed by atoms with Crippen molar-refractivity contribution in [1.82, 2.24) is 10.1 Å². The molecule has 2 N–H and O–H groups in total. The molecule has 23 heavy (non-hydrogen) atoms. The second-order valence-electron chi connectivity index (χ2n) is 5.23. The molecule has 7 nitrogen and oxygen atoms in total. The Hall–Kier alpha value is -2.70. The van der Waals surface area contributed by atoms with Crippen LogP contribution in [0.25, 0.3) is 0 Å². The summed E-state index contributed by atoms with van der Waals surface area (Å²) in [5.41, 5.74) is 1.62. The van der Waals surface area contributed by atoms with Crippen molar-refractivity contribution >= 4 is 17.6 Å². The molecule has 7 heteroatoms. The first-order valence-corrected chi connectivity index (χ1v) is 7.42. The van der Waals surface area contributed by atoms with Crippen molar-refractivity contribution in [2.45, 2.75) is 39.0 Å². The van der Waals surface area contributed by atoms with Crippen molar-refractivity contribution in [1.29, 1.82) is 0 Å². The van der Waals surface area contributed by atoms with Crippen LogP contribution in [0.3, 0.4) is 0 Å². The van der Waals surface area contributed by atoms with Gasteiger partial charge in [0.25, 0.3) is 0 Å². The first kappa shape index (κ1) is 16.7. The zero-order valence-electron chi connectivity index (χ0n) is 12.9. The SMILES string of the molecule is Cc1noc(CCCC(=O)Nc2ccc(CCC(=O)O)cc2)n1. The highest BCUT2D eigenvalue weighted by atomic mass is 16.5. The first-order chi connectivity index (χ1) is 11.0. The summed E-state index contributed by atoms with van der Waals surface area (Å²) >= 11 is 0. The molecule has 2 rings (SSSR count). The average Bonchev–Trinajstić information content (AvgIpc) is 2.92. The van der Waals surface area contributed by atoms with Crippen molar-refractivity contribution < 1.29 is 19.2 Å². The van der Waals surface area contributed by atoms with E-state index in [-0.39, 0.29) is 12.3 Å². The van der Waals surface area contributed by atoms with Crippen molar-refractivity contribution in [2.24, 2.45) is 0 Å². The summed E-state index contributed by atoms with van der Waals surface area (Å²) in [6.07, 6.45) is 2.14. The lowest BCUT2D eigenvalue weighted by atomic mass is 10.1. The second kappa shape index (κ2) is 8.07. The molecule has 0 atom stereocenters. The summed E-state index contributed by atoms with van der Waals surface area (Å²) in [4.78, 5) is 26.4. The summed E-state index contributed by atoms with van der Waals surface area (Å²) in [6.45, 7) is 1.75. The summed E-state index contributed by atoms with van der Waals surface area (Å²) in [5, 5.41) is 15.1. The average molecular weight is 317 g/mol. The Balaban J connectivity index is 1.73. The molecule has 0 unspecified atom stereocenters. The third kappa shape index (κ3) is 5.90. The maximum atomic E-state index is 11.9. The third-order valence-corrected chi connectivity index (χ3v) is 3.23. The summed E-state index contributed by atoms with van der Waals surface area (Å²) in [5.74, 6) is 0.226. The molecule has 1 amide bonds. The van der Waals surface area contributed by atoms with Crippen LogP contribution in [-0.4, -0.2) is 27.1 Å². The number of nitrogens with zero attached hydrogens (tertiary/aromatic N) is 2. The molecule has 0 aliphatic rings. The smallest absolute Gasteiger partial charge is 0.303 e. The molecule has 1 aromatic carbocycles. The Morgan fingerprint density at radius 3 is 2.52 bits per heavy atom. The molecule has 122 valence electrons. The number of anilines is 1. The number of hydrogen-bond acceptors (Lipinski definition) is 5. The number of carbonyl (C=O) groups excluding carboxylic acids is 1. The number of amides is 1. The van der Waals surface area contributed by atoms with Crippen molar-refractivity contribution in [3.63, 3.8) is 0 Å². The van der Waals surface area contributed by atoms with Crippen molar-refractivity contribution in [3.05, 3.63) is 41.5 Å². The zero-order chi connectivity index (χ0) is 16.7. The lowest BCUT2D eigenvalue weighted by Crippen LogP contribution is -2.11. The number of rotatable bonds is 8. The van der Waals surface area contributed by atoms with Gasteiger partial charge in [0.05, 0.1) is 0 Å². The van der Waals surface area contributed by atoms with Crippen molar-refractivity contribution in [2.75, 3.05) is 5.32 Å². The Bertz CT molecular complexity index is 664. The number of aliphatic carboxylic acids is 1. The van der Waals surface area contributed by atoms with Gasteiger partial charge in [0.1, 0.15) is 0 Å². The zero-order valence-corrected chi connectivity index (χ0v) is 12.9. The number of nitrogens with one attached hydrogen (secondary N) is 1. The fourth-order valence-electron chi connectivity index (χ4n) is 2.07. The maximum absolute atomic E-state index is 11.9. The molecule has 1 aromatic heterocycles. The number of carbonyl (C=O) groups is 2. The van der Waals surface area contributed by atoms with E-state index in [1.165, 1.54) is 0 Å². The minimum absolute atomic E-state index is 0.0838. The van der Waals surface area contributed by atoms with E-state index in [1.54, 1.807) is 19.1 Å². The molecule has 2 aromatic rings. The summed E-state index contributed by atoms with van der Waals surface area (Å²) in [6, 6.07) is 7.19. The molecule has 0 aliphatic carbocycles. The van der Waals surface area contributed by atoms with Crippen LogP contribution in [0.15, 0.2) is 28.8 Å². The van der Waals surface area contributed by atoms with Gasteiger partial charge in [0.2, 0.25) is 11.8 Å². The van der Waals surface area contributed by atoms with E-state index in [4.69, 9.17) is 9.63 Å². The number of aryl methyl sites for hydroxylation is 3. The minimum Gasteiger partial charge on any atom is -0.481 e. The van der Waals surface area contributed by atoms with Gasteiger partial charge in [-0.05, 0) is 37.5 Å². The van der Waals surface area contributed by atoms with Gasteiger partial charge in [0.15, 0.2) is 5.82 Å². The normalized spacial score (nSPS) is 10.5. The minimum atomic E-state index is -0.821. The maximum Gasteiger partial charge on any atom is 0.303 e. The Morgan fingerprint density at radius 2 is 1.91 bits per heavy atom. The molecule has 0 saturated heterocycles. The lowest BCUT2D eigenvalue weighted by Gasteiger charge is -2.06. The van der Waals surface area contributed by atoms with Crippen molar-refractivity contribution in [3.8, 4) is 0 Å². The highest BCUT2D eigenvalue weighted by Gasteiger charge is 2.06. The number of carboxylic acid groups (broad SMARTS) is 1. The molecule has 0 bridgehead atoms. The van der Waals surface area contributed by atoms with Crippen LogP contribution in [0, 0.1) is 6.92 Å². The van der Waals surface area contributed by atoms with Crippen LogP contribution in [-0.2, 0) is 22.4 Å². The quantitative estimate of drug-likeness (QED) is 0.774. The largest absolute Gasteiger partial charge is 0.481 e. The van der Waals surface area contributed by atoms with Gasteiger partial charge >= 0.3 is 5.97 Å². The van der Waals surface area contributed by atoms with E-state index in [9.17, 15) is 9.59 Å². The molecule has 1 heterocycles. The highest BCUT2D eigenvalue weighted by Crippen LogP contribution is 2.12. The van der Waals surface area contributed by atoms with Gasteiger partial charge in [-0.25, -0.2) is 0 Å². The van der Waals surface area contributed by atoms with Gasteiger partial charge in [-0.15, -0.1) is 0 Å². The number of benzene rings is 1. The van der Waals surface area contributed by atoms with E-state index in [0.29, 0.717) is 43.1 Å². The van der Waals surface area contributed by atoms with Crippen LogP contribution in [0.5, 0.6) is 0 Å². The van der Waals surface area contributed by atoms with E-state index in [2.05, 4.69) is 15.5 Å². The van der Waals surface area contributed by atoms with Gasteiger partial charge in [0, 0.05) is 24.9 Å². The molecule has 0 aliphatic heterocycles. The number of hydrogen-bond donors (Lipinski definition) is 2. The van der Waals surface area contributed by atoms with Gasteiger partial charge < -0.3 is 14.9 Å². The lowest BCUT2D eigenvalue weighted by molar-refractivity contribution is -0.137. The Labute approximate surface area is 133 Å². The third-order valence-electron chi connectivity index (χ3n) is 3.23. The summed E-state index contributed by atoms with van der Waals surface area (Å²) < 4.78 is 4.98. The molecule has 0 radical (unpaired) electrons. The van der Waals surface area contributed by atoms with Crippen LogP contribution in [0.1, 0.15) is 36.5 Å². The predicted molar refractivity (Wildman–Crippen MR) is 83.0 cm³/mol. The van der Waals surface area contributed by atoms with E-state index < -0.39 is 5.97 Å². The first-order valence-electron chi connectivity index (χ1n) is 7.42. The number of carboxylic acids is 1. The van der Waals surface area contributed by atoms with Gasteiger partial charge in [-0.2, -0.15) is 4.98 Å². The van der Waals surface area contributed by atoms with E-state index >= 15 is 0 Å². The van der Waals surface area contributed by atoms with Gasteiger partial charge in [-0.3, -0.25) is 9.59 Å². The van der Waals surface area contributed by atoms with Gasteiger partial charge in [-0.1, -0.05) is 17.3 Å². The molecule has 0 spiro atoms. The van der Waals surface area contributed by atoms with E-state index in [1.807, 2.05) is 12.1 Å².